The Morgan fingerprint density at radius 3 is 2.56 bits per heavy atom. The number of alkyl halides is 3. The zero-order chi connectivity index (χ0) is 12.2. The van der Waals surface area contributed by atoms with Gasteiger partial charge in [-0.25, -0.2) is 4.98 Å². The van der Waals surface area contributed by atoms with Gasteiger partial charge in [0.05, 0.1) is 18.6 Å². The molecular weight excluding hydrogens is 225 g/mol. The lowest BCUT2D eigenvalue weighted by Gasteiger charge is -2.07. The van der Waals surface area contributed by atoms with E-state index < -0.39 is 17.6 Å². The van der Waals surface area contributed by atoms with E-state index in [-0.39, 0.29) is 18.9 Å². The van der Waals surface area contributed by atoms with Crippen LogP contribution in [0.5, 0.6) is 5.88 Å². The van der Waals surface area contributed by atoms with Crippen LogP contribution in [0.3, 0.4) is 0 Å². The number of hydrogen-bond donors (Lipinski definition) is 1. The van der Waals surface area contributed by atoms with Crippen molar-refractivity contribution in [2.45, 2.75) is 12.6 Å². The van der Waals surface area contributed by atoms with Crippen LogP contribution in [0.1, 0.15) is 12.0 Å². The normalized spacial score (nSPS) is 11.2. The van der Waals surface area contributed by atoms with E-state index >= 15 is 0 Å². The number of nitrogens with zero attached hydrogens (tertiary/aromatic N) is 1. The second-order valence-corrected chi connectivity index (χ2v) is 2.95. The van der Waals surface area contributed by atoms with Crippen molar-refractivity contribution in [3.8, 4) is 5.88 Å². The number of aromatic nitrogens is 1. The summed E-state index contributed by atoms with van der Waals surface area (Å²) in [5, 5.41) is 0. The fourth-order valence-electron chi connectivity index (χ4n) is 0.890. The van der Waals surface area contributed by atoms with Gasteiger partial charge in [0.2, 0.25) is 11.8 Å². The molecule has 88 valence electrons. The lowest BCUT2D eigenvalue weighted by atomic mass is 10.3. The largest absolute Gasteiger partial charge is 0.477 e. The van der Waals surface area contributed by atoms with E-state index in [0.29, 0.717) is 6.20 Å². The number of carbonyl (C=O) groups is 1. The lowest BCUT2D eigenvalue weighted by Crippen LogP contribution is -2.15. The molecule has 1 rings (SSSR count). The topological polar surface area (TPSA) is 65.2 Å². The molecule has 0 atom stereocenters. The van der Waals surface area contributed by atoms with E-state index in [1.165, 1.54) is 0 Å². The molecule has 0 bridgehead atoms. The first-order chi connectivity index (χ1) is 7.39. The lowest BCUT2D eigenvalue weighted by molar-refractivity contribution is -0.137. The summed E-state index contributed by atoms with van der Waals surface area (Å²) in [6.07, 6.45) is -3.76. The van der Waals surface area contributed by atoms with Gasteiger partial charge in [-0.2, -0.15) is 13.2 Å². The summed E-state index contributed by atoms with van der Waals surface area (Å²) in [7, 11) is 0. The van der Waals surface area contributed by atoms with Gasteiger partial charge in [0.15, 0.2) is 0 Å². The summed E-state index contributed by atoms with van der Waals surface area (Å²) in [5.41, 5.74) is 4.00. The minimum Gasteiger partial charge on any atom is -0.477 e. The van der Waals surface area contributed by atoms with Crippen LogP contribution >= 0.6 is 0 Å². The average Bonchev–Trinajstić information content (AvgIpc) is 2.16. The number of halogens is 3. The molecule has 4 nitrogen and oxygen atoms in total. The number of carbonyl (C=O) groups excluding carboxylic acids is 1. The van der Waals surface area contributed by atoms with Gasteiger partial charge in [0.1, 0.15) is 0 Å². The molecule has 0 saturated heterocycles. The van der Waals surface area contributed by atoms with Gasteiger partial charge in [-0.05, 0) is 6.07 Å². The molecule has 0 aliphatic heterocycles. The van der Waals surface area contributed by atoms with E-state index in [1.807, 2.05) is 0 Å². The Balaban J connectivity index is 2.55. The molecule has 16 heavy (non-hydrogen) atoms. The number of nitrogens with two attached hydrogens (primary N) is 1. The molecule has 7 heteroatoms. The average molecular weight is 234 g/mol. The third kappa shape index (κ3) is 3.76. The quantitative estimate of drug-likeness (QED) is 0.855. The van der Waals surface area contributed by atoms with Crippen molar-refractivity contribution >= 4 is 5.91 Å². The number of amides is 1. The summed E-state index contributed by atoms with van der Waals surface area (Å²) in [6.45, 7) is -0.00625. The van der Waals surface area contributed by atoms with E-state index in [2.05, 4.69) is 4.98 Å². The SMILES string of the molecule is NC(=O)CCOc1ccc(C(F)(F)F)cn1. The Morgan fingerprint density at radius 2 is 2.12 bits per heavy atom. The van der Waals surface area contributed by atoms with E-state index in [1.54, 1.807) is 0 Å². The second-order valence-electron chi connectivity index (χ2n) is 2.95. The number of ether oxygens (including phenoxy) is 1. The molecule has 0 fully saturated rings. The highest BCUT2D eigenvalue weighted by molar-refractivity contribution is 5.73. The van der Waals surface area contributed by atoms with Gasteiger partial charge in [0.25, 0.3) is 0 Å². The molecule has 1 aromatic rings. The van der Waals surface area contributed by atoms with Gasteiger partial charge in [-0.3, -0.25) is 4.79 Å². The number of primary amides is 1. The Labute approximate surface area is 89.2 Å². The van der Waals surface area contributed by atoms with Gasteiger partial charge in [-0.1, -0.05) is 0 Å². The third-order valence-electron chi connectivity index (χ3n) is 1.66. The molecule has 1 amide bonds. The molecule has 0 aliphatic rings. The fourth-order valence-corrected chi connectivity index (χ4v) is 0.890. The maximum atomic E-state index is 12.1. The summed E-state index contributed by atoms with van der Waals surface area (Å²) in [5.74, 6) is -0.527. The second kappa shape index (κ2) is 4.82. The van der Waals surface area contributed by atoms with Crippen LogP contribution in [-0.2, 0) is 11.0 Å². The van der Waals surface area contributed by atoms with Crippen LogP contribution in [0.4, 0.5) is 13.2 Å². The third-order valence-corrected chi connectivity index (χ3v) is 1.66. The molecule has 0 aromatic carbocycles. The van der Waals surface area contributed by atoms with Crippen LogP contribution < -0.4 is 10.5 Å². The zero-order valence-electron chi connectivity index (χ0n) is 8.12. The van der Waals surface area contributed by atoms with Gasteiger partial charge >= 0.3 is 6.18 Å². The van der Waals surface area contributed by atoms with E-state index in [4.69, 9.17) is 10.5 Å². The monoisotopic (exact) mass is 234 g/mol. The van der Waals surface area contributed by atoms with Crippen molar-refractivity contribution in [1.29, 1.82) is 0 Å². The van der Waals surface area contributed by atoms with Crippen LogP contribution in [0, 0.1) is 0 Å². The Morgan fingerprint density at radius 1 is 1.44 bits per heavy atom. The molecule has 0 radical (unpaired) electrons. The zero-order valence-corrected chi connectivity index (χ0v) is 8.12. The van der Waals surface area contributed by atoms with Crippen molar-refractivity contribution in [2.75, 3.05) is 6.61 Å². The van der Waals surface area contributed by atoms with Crippen molar-refractivity contribution < 1.29 is 22.7 Å². The highest BCUT2D eigenvalue weighted by Gasteiger charge is 2.30. The highest BCUT2D eigenvalue weighted by atomic mass is 19.4. The van der Waals surface area contributed by atoms with Gasteiger partial charge in [0, 0.05) is 12.3 Å². The minimum absolute atomic E-state index is 0.00625. The molecule has 2 N–H and O–H groups in total. The molecule has 1 aromatic heterocycles. The smallest absolute Gasteiger partial charge is 0.417 e. The number of hydrogen-bond acceptors (Lipinski definition) is 3. The van der Waals surface area contributed by atoms with Crippen molar-refractivity contribution in [1.82, 2.24) is 4.98 Å². The molecule has 0 spiro atoms. The van der Waals surface area contributed by atoms with Crippen LogP contribution in [0.25, 0.3) is 0 Å². The van der Waals surface area contributed by atoms with Gasteiger partial charge < -0.3 is 10.5 Å². The maximum Gasteiger partial charge on any atom is 0.417 e. The first-order valence-corrected chi connectivity index (χ1v) is 4.34. The first kappa shape index (κ1) is 12.3. The summed E-state index contributed by atoms with van der Waals surface area (Å²) >= 11 is 0. The highest BCUT2D eigenvalue weighted by Crippen LogP contribution is 2.29. The maximum absolute atomic E-state index is 12.1. The molecular formula is C9H9F3N2O2. The summed E-state index contributed by atoms with van der Waals surface area (Å²) in [6, 6.07) is 1.94. The number of rotatable bonds is 4. The van der Waals surface area contributed by atoms with E-state index in [9.17, 15) is 18.0 Å². The van der Waals surface area contributed by atoms with Crippen molar-refractivity contribution in [3.05, 3.63) is 23.9 Å². The fraction of sp³-hybridized carbons (Fsp3) is 0.333. The summed E-state index contributed by atoms with van der Waals surface area (Å²) in [4.78, 5) is 13.8. The predicted octanol–water partition coefficient (Wildman–Crippen LogP) is 1.35. The van der Waals surface area contributed by atoms with Crippen LogP contribution in [0.2, 0.25) is 0 Å². The predicted molar refractivity (Wildman–Crippen MR) is 48.5 cm³/mol. The van der Waals surface area contributed by atoms with E-state index in [0.717, 1.165) is 12.1 Å². The molecule has 0 unspecified atom stereocenters. The Bertz CT molecular complexity index is 362. The molecule has 0 aliphatic carbocycles. The first-order valence-electron chi connectivity index (χ1n) is 4.34. The molecule has 0 saturated carbocycles. The Hall–Kier alpha value is -1.79. The van der Waals surface area contributed by atoms with Crippen molar-refractivity contribution in [2.24, 2.45) is 5.73 Å². The van der Waals surface area contributed by atoms with Crippen molar-refractivity contribution in [3.63, 3.8) is 0 Å². The Kier molecular flexibility index (Phi) is 3.70. The van der Waals surface area contributed by atoms with Crippen LogP contribution in [0.15, 0.2) is 18.3 Å². The molecule has 1 heterocycles. The minimum atomic E-state index is -4.42. The van der Waals surface area contributed by atoms with Gasteiger partial charge in [-0.15, -0.1) is 0 Å². The van der Waals surface area contributed by atoms with Crippen LogP contribution in [-0.4, -0.2) is 17.5 Å². The number of pyridine rings is 1. The standard InChI is InChI=1S/C9H9F3N2O2/c10-9(11,12)6-1-2-8(14-5-6)16-4-3-7(13)15/h1-2,5H,3-4H2,(H2,13,15). The summed E-state index contributed by atoms with van der Waals surface area (Å²) < 4.78 is 41.3.